The summed E-state index contributed by atoms with van der Waals surface area (Å²) < 4.78 is 5.10. The van der Waals surface area contributed by atoms with Crippen molar-refractivity contribution in [1.82, 2.24) is 15.5 Å². The maximum absolute atomic E-state index is 11.1. The van der Waals surface area contributed by atoms with Gasteiger partial charge >= 0.3 is 0 Å². The van der Waals surface area contributed by atoms with Gasteiger partial charge in [-0.1, -0.05) is 19.0 Å². The largest absolute Gasteiger partial charge is 0.380 e. The first-order chi connectivity index (χ1) is 8.07. The van der Waals surface area contributed by atoms with Gasteiger partial charge in [-0.3, -0.25) is 4.79 Å². The average molecular weight is 255 g/mol. The monoisotopic (exact) mass is 255 g/mol. The van der Waals surface area contributed by atoms with Crippen LogP contribution in [0, 0.1) is 5.92 Å². The zero-order valence-corrected chi connectivity index (χ0v) is 11.7. The van der Waals surface area contributed by atoms with Gasteiger partial charge in [0.2, 0.25) is 5.91 Å². The Balaban J connectivity index is 3.03. The quantitative estimate of drug-likeness (QED) is 0.846. The molecule has 1 aromatic rings. The number of aliphatic hydroxyl groups is 1. The Kier molecular flexibility index (Phi) is 3.81. The van der Waals surface area contributed by atoms with E-state index in [0.29, 0.717) is 5.82 Å². The van der Waals surface area contributed by atoms with Gasteiger partial charge in [0.05, 0.1) is 5.54 Å². The highest BCUT2D eigenvalue weighted by atomic mass is 16.5. The molecule has 18 heavy (non-hydrogen) atoms. The average Bonchev–Trinajstić information content (AvgIpc) is 2.64. The highest BCUT2D eigenvalue weighted by Crippen LogP contribution is 2.29. The summed E-state index contributed by atoms with van der Waals surface area (Å²) in [6, 6.07) is 0. The van der Waals surface area contributed by atoms with E-state index in [1.807, 2.05) is 13.8 Å². The SMILES string of the molecule is CC(=O)NC(C)(C)c1noc(C(C)(O)C(C)C)n1. The summed E-state index contributed by atoms with van der Waals surface area (Å²) >= 11 is 0. The standard InChI is InChI=1S/C12H21N3O3/c1-7(2)12(6,17)10-13-9(15-18-10)11(4,5)14-8(3)16/h7,17H,1-6H3,(H,14,16). The van der Waals surface area contributed by atoms with E-state index in [2.05, 4.69) is 15.5 Å². The van der Waals surface area contributed by atoms with Crippen LogP contribution in [0.4, 0.5) is 0 Å². The third-order valence-electron chi connectivity index (χ3n) is 3.03. The number of amides is 1. The molecule has 0 aromatic carbocycles. The van der Waals surface area contributed by atoms with Gasteiger partial charge in [-0.15, -0.1) is 0 Å². The number of hydrogen-bond donors (Lipinski definition) is 2. The molecule has 1 aromatic heterocycles. The van der Waals surface area contributed by atoms with Crippen molar-refractivity contribution >= 4 is 5.91 Å². The molecule has 0 bridgehead atoms. The number of rotatable bonds is 4. The number of carbonyl (C=O) groups is 1. The van der Waals surface area contributed by atoms with Crippen molar-refractivity contribution in [1.29, 1.82) is 0 Å². The maximum atomic E-state index is 11.1. The second-order valence-electron chi connectivity index (χ2n) is 5.53. The Bertz CT molecular complexity index is 436. The summed E-state index contributed by atoms with van der Waals surface area (Å²) in [5, 5.41) is 16.8. The van der Waals surface area contributed by atoms with Crippen LogP contribution in [-0.4, -0.2) is 21.2 Å². The van der Waals surface area contributed by atoms with Gasteiger partial charge in [-0.05, 0) is 26.7 Å². The van der Waals surface area contributed by atoms with E-state index in [4.69, 9.17) is 4.52 Å². The molecular formula is C12H21N3O3. The first-order valence-electron chi connectivity index (χ1n) is 5.93. The molecule has 1 rings (SSSR count). The Hall–Kier alpha value is -1.43. The summed E-state index contributed by atoms with van der Waals surface area (Å²) in [6.07, 6.45) is 0. The minimum absolute atomic E-state index is 0.0605. The molecule has 0 aliphatic heterocycles. The normalized spacial score (nSPS) is 15.6. The van der Waals surface area contributed by atoms with Crippen LogP contribution in [0.1, 0.15) is 53.3 Å². The Morgan fingerprint density at radius 1 is 1.39 bits per heavy atom. The molecule has 0 aliphatic rings. The van der Waals surface area contributed by atoms with Crippen LogP contribution in [0.2, 0.25) is 0 Å². The summed E-state index contributed by atoms with van der Waals surface area (Å²) in [6.45, 7) is 10.3. The second-order valence-corrected chi connectivity index (χ2v) is 5.53. The summed E-state index contributed by atoms with van der Waals surface area (Å²) in [7, 11) is 0. The van der Waals surface area contributed by atoms with Crippen LogP contribution in [-0.2, 0) is 15.9 Å². The van der Waals surface area contributed by atoms with Gasteiger partial charge in [0.25, 0.3) is 5.89 Å². The first kappa shape index (κ1) is 14.6. The lowest BCUT2D eigenvalue weighted by atomic mass is 9.92. The van der Waals surface area contributed by atoms with Gasteiger partial charge in [-0.2, -0.15) is 4.98 Å². The molecule has 1 atom stereocenters. The fourth-order valence-electron chi connectivity index (χ4n) is 1.43. The predicted octanol–water partition coefficient (Wildman–Crippen LogP) is 1.30. The number of nitrogens with zero attached hydrogens (tertiary/aromatic N) is 2. The third-order valence-corrected chi connectivity index (χ3v) is 3.03. The highest BCUT2D eigenvalue weighted by molar-refractivity contribution is 5.73. The fourth-order valence-corrected chi connectivity index (χ4v) is 1.43. The van der Waals surface area contributed by atoms with Crippen LogP contribution in [0.3, 0.4) is 0 Å². The van der Waals surface area contributed by atoms with E-state index < -0.39 is 11.1 Å². The summed E-state index contributed by atoms with van der Waals surface area (Å²) in [5.41, 5.74) is -1.92. The lowest BCUT2D eigenvalue weighted by Crippen LogP contribution is -2.40. The molecule has 0 radical (unpaired) electrons. The summed E-state index contributed by atoms with van der Waals surface area (Å²) in [4.78, 5) is 15.3. The van der Waals surface area contributed by atoms with Crippen molar-refractivity contribution in [3.63, 3.8) is 0 Å². The molecule has 0 spiro atoms. The minimum atomic E-state index is -1.18. The highest BCUT2D eigenvalue weighted by Gasteiger charge is 2.36. The zero-order valence-electron chi connectivity index (χ0n) is 11.7. The van der Waals surface area contributed by atoms with E-state index in [-0.39, 0.29) is 17.7 Å². The van der Waals surface area contributed by atoms with Crippen LogP contribution in [0.5, 0.6) is 0 Å². The number of aromatic nitrogens is 2. The topological polar surface area (TPSA) is 88.2 Å². The van der Waals surface area contributed by atoms with Crippen LogP contribution < -0.4 is 5.32 Å². The molecule has 102 valence electrons. The predicted molar refractivity (Wildman–Crippen MR) is 65.5 cm³/mol. The molecular weight excluding hydrogens is 234 g/mol. The smallest absolute Gasteiger partial charge is 0.258 e. The molecule has 6 nitrogen and oxygen atoms in total. The van der Waals surface area contributed by atoms with Crippen molar-refractivity contribution in [2.24, 2.45) is 5.92 Å². The molecule has 1 amide bonds. The Morgan fingerprint density at radius 3 is 2.39 bits per heavy atom. The lowest BCUT2D eigenvalue weighted by molar-refractivity contribution is -0.120. The van der Waals surface area contributed by atoms with E-state index >= 15 is 0 Å². The number of nitrogens with one attached hydrogen (secondary N) is 1. The molecule has 0 saturated carbocycles. The van der Waals surface area contributed by atoms with E-state index in [1.165, 1.54) is 6.92 Å². The third kappa shape index (κ3) is 2.87. The fraction of sp³-hybridized carbons (Fsp3) is 0.750. The van der Waals surface area contributed by atoms with Crippen molar-refractivity contribution in [2.45, 2.75) is 52.7 Å². The molecule has 0 fully saturated rings. The van der Waals surface area contributed by atoms with Gasteiger partial charge in [0, 0.05) is 6.92 Å². The van der Waals surface area contributed by atoms with Crippen molar-refractivity contribution < 1.29 is 14.4 Å². The maximum Gasteiger partial charge on any atom is 0.258 e. The van der Waals surface area contributed by atoms with E-state index in [9.17, 15) is 9.90 Å². The lowest BCUT2D eigenvalue weighted by Gasteiger charge is -2.23. The van der Waals surface area contributed by atoms with Crippen molar-refractivity contribution in [3.05, 3.63) is 11.7 Å². The van der Waals surface area contributed by atoms with Gasteiger partial charge in [0.1, 0.15) is 5.60 Å². The molecule has 1 unspecified atom stereocenters. The zero-order chi connectivity index (χ0) is 14.1. The van der Waals surface area contributed by atoms with Gasteiger partial charge < -0.3 is 14.9 Å². The molecule has 0 aliphatic carbocycles. The Morgan fingerprint density at radius 2 is 1.94 bits per heavy atom. The number of carbonyl (C=O) groups excluding carboxylic acids is 1. The Labute approximate surface area is 107 Å². The van der Waals surface area contributed by atoms with Crippen LogP contribution in [0.15, 0.2) is 4.52 Å². The number of hydrogen-bond acceptors (Lipinski definition) is 5. The summed E-state index contributed by atoms with van der Waals surface area (Å²) in [5.74, 6) is 0.260. The minimum Gasteiger partial charge on any atom is -0.380 e. The molecule has 1 heterocycles. The molecule has 0 saturated heterocycles. The van der Waals surface area contributed by atoms with Gasteiger partial charge in [-0.25, -0.2) is 0 Å². The van der Waals surface area contributed by atoms with E-state index in [0.717, 1.165) is 0 Å². The molecule has 2 N–H and O–H groups in total. The van der Waals surface area contributed by atoms with Crippen LogP contribution in [0.25, 0.3) is 0 Å². The van der Waals surface area contributed by atoms with Crippen LogP contribution >= 0.6 is 0 Å². The van der Waals surface area contributed by atoms with E-state index in [1.54, 1.807) is 20.8 Å². The van der Waals surface area contributed by atoms with Crippen molar-refractivity contribution in [3.8, 4) is 0 Å². The van der Waals surface area contributed by atoms with Crippen molar-refractivity contribution in [2.75, 3.05) is 0 Å². The van der Waals surface area contributed by atoms with Gasteiger partial charge in [0.15, 0.2) is 5.82 Å². The first-order valence-corrected chi connectivity index (χ1v) is 5.93. The molecule has 6 heteroatoms. The second kappa shape index (κ2) is 4.68.